The van der Waals surface area contributed by atoms with Gasteiger partial charge in [-0.3, -0.25) is 4.98 Å². The van der Waals surface area contributed by atoms with Crippen molar-refractivity contribution in [3.63, 3.8) is 0 Å². The summed E-state index contributed by atoms with van der Waals surface area (Å²) in [6.07, 6.45) is 1.90. The number of nitrogens with zero attached hydrogens (tertiary/aromatic N) is 4. The first-order chi connectivity index (χ1) is 28.7. The predicted octanol–water partition coefficient (Wildman–Crippen LogP) is 13.5. The van der Waals surface area contributed by atoms with E-state index in [4.69, 9.17) is 19.9 Å². The van der Waals surface area contributed by atoms with Crippen LogP contribution in [0, 0.1) is 0 Å². The van der Waals surface area contributed by atoms with Gasteiger partial charge in [-0.25, -0.2) is 15.0 Å². The standard InChI is InChI=1S/C56H46N4/c1-53(2)38-13-10-9-12-34(38)50-43(53)21-24-46(58-50)32-16-19-40-36(29-32)52-45(55(40,5)6)23-26-48(60-52)33-17-20-41-37(30-33)51-44(56(41,7)8)22-25-47(59-51)31-15-18-39-35(28-31)49-42(54(39,3)4)14-11-27-57-49/h9-30H,1-8H3. The number of pyridine rings is 4. The monoisotopic (exact) mass is 774 g/mol. The highest BCUT2D eigenvalue weighted by Gasteiger charge is 2.41. The van der Waals surface area contributed by atoms with Crippen LogP contribution in [0.5, 0.6) is 0 Å². The van der Waals surface area contributed by atoms with Gasteiger partial charge in [0, 0.05) is 66.8 Å². The summed E-state index contributed by atoms with van der Waals surface area (Å²) in [7, 11) is 0. The number of rotatable bonds is 3. The smallest absolute Gasteiger partial charge is 0.0753 e. The molecule has 0 N–H and O–H groups in total. The zero-order valence-corrected chi connectivity index (χ0v) is 35.5. The molecule has 0 saturated heterocycles. The van der Waals surface area contributed by atoms with Crippen LogP contribution in [-0.4, -0.2) is 19.9 Å². The molecule has 0 spiro atoms. The minimum Gasteiger partial charge on any atom is -0.256 e. The highest BCUT2D eigenvalue weighted by Crippen LogP contribution is 2.54. The fourth-order valence-electron chi connectivity index (χ4n) is 11.3. The fraction of sp³-hybridized carbons (Fsp3) is 0.214. The van der Waals surface area contributed by atoms with E-state index in [1.165, 1.54) is 66.8 Å². The second kappa shape index (κ2) is 11.6. The average Bonchev–Trinajstić information content (AvgIpc) is 3.82. The zero-order valence-electron chi connectivity index (χ0n) is 35.5. The van der Waals surface area contributed by atoms with E-state index in [9.17, 15) is 0 Å². The molecule has 4 aromatic heterocycles. The Morgan fingerprint density at radius 3 is 1.08 bits per heavy atom. The van der Waals surface area contributed by atoms with E-state index in [1.807, 2.05) is 12.3 Å². The Balaban J connectivity index is 0.933. The molecule has 4 aliphatic rings. The molecular formula is C56H46N4. The van der Waals surface area contributed by atoms with Gasteiger partial charge in [0.05, 0.1) is 39.9 Å². The molecule has 4 nitrogen and oxygen atoms in total. The Hall–Kier alpha value is -6.52. The first kappa shape index (κ1) is 35.4. The Bertz CT molecular complexity index is 3000. The maximum atomic E-state index is 5.50. The second-order valence-electron chi connectivity index (χ2n) is 19.5. The third-order valence-electron chi connectivity index (χ3n) is 14.8. The SMILES string of the molecule is CC1(C)c2ccc(-c3ccc4c(n3)-c3cc(-c5ccc6c(n5)-c5cc(-c7ccc8c(n7)-c7ccccc7C8(C)C)ccc5C6(C)C)ccc3C4(C)C)cc2-c2ncccc21. The molecule has 0 saturated carbocycles. The highest BCUT2D eigenvalue weighted by molar-refractivity contribution is 5.88. The Morgan fingerprint density at radius 2 is 0.633 bits per heavy atom. The molecule has 0 radical (unpaired) electrons. The molecule has 0 bridgehead atoms. The maximum absolute atomic E-state index is 5.50. The fourth-order valence-corrected chi connectivity index (χ4v) is 11.3. The van der Waals surface area contributed by atoms with Crippen LogP contribution in [0.2, 0.25) is 0 Å². The molecule has 0 fully saturated rings. The van der Waals surface area contributed by atoms with Gasteiger partial charge in [0.2, 0.25) is 0 Å². The molecule has 0 amide bonds. The summed E-state index contributed by atoms with van der Waals surface area (Å²) in [6.45, 7) is 18.5. The van der Waals surface area contributed by atoms with Gasteiger partial charge in [-0.2, -0.15) is 0 Å². The number of hydrogen-bond donors (Lipinski definition) is 0. The van der Waals surface area contributed by atoms with Gasteiger partial charge in [-0.05, 0) is 87.0 Å². The van der Waals surface area contributed by atoms with E-state index in [0.717, 1.165) is 56.5 Å². The number of hydrogen-bond acceptors (Lipinski definition) is 4. The Labute approximate surface area is 352 Å². The molecule has 0 aliphatic heterocycles. The molecule has 4 aliphatic carbocycles. The van der Waals surface area contributed by atoms with Crippen LogP contribution < -0.4 is 0 Å². The van der Waals surface area contributed by atoms with Gasteiger partial charge in [0.25, 0.3) is 0 Å². The molecule has 0 atom stereocenters. The summed E-state index contributed by atoms with van der Waals surface area (Å²) in [5.41, 5.74) is 25.2. The van der Waals surface area contributed by atoms with Crippen LogP contribution in [0.15, 0.2) is 134 Å². The van der Waals surface area contributed by atoms with E-state index >= 15 is 0 Å². The Kier molecular flexibility index (Phi) is 6.85. The molecule has 4 heteroatoms. The molecular weight excluding hydrogens is 729 g/mol. The lowest BCUT2D eigenvalue weighted by Gasteiger charge is -2.22. The van der Waals surface area contributed by atoms with Crippen molar-refractivity contribution in [2.75, 3.05) is 0 Å². The molecule has 4 aromatic carbocycles. The first-order valence-corrected chi connectivity index (χ1v) is 21.3. The van der Waals surface area contributed by atoms with E-state index in [-0.39, 0.29) is 21.7 Å². The van der Waals surface area contributed by atoms with Gasteiger partial charge in [0.1, 0.15) is 0 Å². The molecule has 290 valence electrons. The van der Waals surface area contributed by atoms with Crippen molar-refractivity contribution in [2.24, 2.45) is 0 Å². The van der Waals surface area contributed by atoms with Crippen molar-refractivity contribution < 1.29 is 0 Å². The maximum Gasteiger partial charge on any atom is 0.0753 e. The van der Waals surface area contributed by atoms with Crippen molar-refractivity contribution in [1.82, 2.24) is 19.9 Å². The van der Waals surface area contributed by atoms with E-state index in [2.05, 4.69) is 177 Å². The Morgan fingerprint density at radius 1 is 0.300 bits per heavy atom. The summed E-state index contributed by atoms with van der Waals surface area (Å²) >= 11 is 0. The number of benzene rings is 4. The van der Waals surface area contributed by atoms with E-state index in [1.54, 1.807) is 0 Å². The van der Waals surface area contributed by atoms with Crippen molar-refractivity contribution >= 4 is 0 Å². The summed E-state index contributed by atoms with van der Waals surface area (Å²) in [4.78, 5) is 21.1. The first-order valence-electron chi connectivity index (χ1n) is 21.3. The van der Waals surface area contributed by atoms with Gasteiger partial charge in [-0.1, -0.05) is 140 Å². The van der Waals surface area contributed by atoms with Crippen LogP contribution >= 0.6 is 0 Å². The van der Waals surface area contributed by atoms with E-state index < -0.39 is 0 Å². The van der Waals surface area contributed by atoms with Crippen LogP contribution in [0.3, 0.4) is 0 Å². The van der Waals surface area contributed by atoms with Gasteiger partial charge in [-0.15, -0.1) is 0 Å². The number of fused-ring (bicyclic) bond motifs is 12. The van der Waals surface area contributed by atoms with Crippen molar-refractivity contribution in [1.29, 1.82) is 0 Å². The lowest BCUT2D eigenvalue weighted by molar-refractivity contribution is 0.658. The molecule has 60 heavy (non-hydrogen) atoms. The summed E-state index contributed by atoms with van der Waals surface area (Å²) in [6, 6.07) is 47.0. The minimum absolute atomic E-state index is 0.0720. The minimum atomic E-state index is -0.173. The second-order valence-corrected chi connectivity index (χ2v) is 19.5. The molecule has 0 unspecified atom stereocenters. The van der Waals surface area contributed by atoms with Gasteiger partial charge >= 0.3 is 0 Å². The highest BCUT2D eigenvalue weighted by atomic mass is 14.8. The molecule has 12 rings (SSSR count). The zero-order chi connectivity index (χ0) is 41.1. The summed E-state index contributed by atoms with van der Waals surface area (Å²) < 4.78 is 0. The van der Waals surface area contributed by atoms with Gasteiger partial charge < -0.3 is 0 Å². The third kappa shape index (κ3) is 4.57. The molecule has 8 aromatic rings. The van der Waals surface area contributed by atoms with Crippen LogP contribution in [0.4, 0.5) is 0 Å². The number of aromatic nitrogens is 4. The van der Waals surface area contributed by atoms with Crippen molar-refractivity contribution in [3.8, 4) is 78.8 Å². The lowest BCUT2D eigenvalue weighted by atomic mass is 9.82. The van der Waals surface area contributed by atoms with Crippen LogP contribution in [-0.2, 0) is 21.7 Å². The summed E-state index contributed by atoms with van der Waals surface area (Å²) in [5, 5.41) is 0. The predicted molar refractivity (Wildman–Crippen MR) is 244 cm³/mol. The van der Waals surface area contributed by atoms with Crippen LogP contribution in [0.1, 0.15) is 99.9 Å². The average molecular weight is 775 g/mol. The normalized spacial score (nSPS) is 16.9. The largest absolute Gasteiger partial charge is 0.256 e. The van der Waals surface area contributed by atoms with Crippen LogP contribution in [0.25, 0.3) is 78.8 Å². The van der Waals surface area contributed by atoms with Gasteiger partial charge in [0.15, 0.2) is 0 Å². The van der Waals surface area contributed by atoms with Crippen molar-refractivity contribution in [2.45, 2.75) is 77.0 Å². The third-order valence-corrected chi connectivity index (χ3v) is 14.8. The lowest BCUT2D eigenvalue weighted by Crippen LogP contribution is -2.15. The molecule has 4 heterocycles. The topological polar surface area (TPSA) is 51.6 Å². The quantitative estimate of drug-likeness (QED) is 0.179. The summed E-state index contributed by atoms with van der Waals surface area (Å²) in [5.74, 6) is 0. The van der Waals surface area contributed by atoms with E-state index in [0.29, 0.717) is 0 Å². The van der Waals surface area contributed by atoms with Crippen molar-refractivity contribution in [3.05, 3.63) is 178 Å².